The fourth-order valence-electron chi connectivity index (χ4n) is 0.818. The van der Waals surface area contributed by atoms with Gasteiger partial charge in [0.2, 0.25) is 0 Å². The molecule has 0 amide bonds. The van der Waals surface area contributed by atoms with Crippen molar-refractivity contribution in [1.82, 2.24) is 9.78 Å². The molecule has 5 heteroatoms. The minimum atomic E-state index is -0.348. The maximum Gasteiger partial charge on any atom is 0.283 e. The van der Waals surface area contributed by atoms with Crippen molar-refractivity contribution in [3.63, 3.8) is 0 Å². The van der Waals surface area contributed by atoms with Crippen LogP contribution in [0.15, 0.2) is 4.79 Å². The molecule has 0 aliphatic rings. The second kappa shape index (κ2) is 2.81. The molecule has 0 unspecified atom stereocenters. The van der Waals surface area contributed by atoms with Crippen molar-refractivity contribution in [2.45, 2.75) is 6.42 Å². The molecule has 1 aromatic rings. The standard InChI is InChI=1S/C6H6ClN3O/c1-10-4(2-3-8)5(7)6(11)9-10/h2H2,1H3,(H,9,11). The number of aryl methyl sites for hydroxylation is 1. The molecule has 1 N–H and O–H groups in total. The van der Waals surface area contributed by atoms with Gasteiger partial charge in [-0.25, -0.2) is 0 Å². The smallest absolute Gasteiger partial charge is 0.283 e. The molecule has 0 saturated heterocycles. The fourth-order valence-corrected chi connectivity index (χ4v) is 1.05. The van der Waals surface area contributed by atoms with E-state index in [1.54, 1.807) is 7.05 Å². The second-order valence-electron chi connectivity index (χ2n) is 2.10. The van der Waals surface area contributed by atoms with Crippen molar-refractivity contribution in [1.29, 1.82) is 5.26 Å². The van der Waals surface area contributed by atoms with Crippen LogP contribution in [0.1, 0.15) is 5.69 Å². The molecule has 0 spiro atoms. The zero-order chi connectivity index (χ0) is 8.43. The van der Waals surface area contributed by atoms with Gasteiger partial charge < -0.3 is 0 Å². The van der Waals surface area contributed by atoms with E-state index in [-0.39, 0.29) is 17.0 Å². The molecule has 0 aliphatic heterocycles. The number of nitriles is 1. The Morgan fingerprint density at radius 1 is 1.82 bits per heavy atom. The van der Waals surface area contributed by atoms with Gasteiger partial charge in [-0.1, -0.05) is 11.6 Å². The Bertz CT molecular complexity index is 357. The van der Waals surface area contributed by atoms with Gasteiger partial charge in [-0.15, -0.1) is 0 Å². The van der Waals surface area contributed by atoms with Crippen LogP contribution in [0.25, 0.3) is 0 Å². The highest BCUT2D eigenvalue weighted by atomic mass is 35.5. The van der Waals surface area contributed by atoms with Gasteiger partial charge in [0.25, 0.3) is 5.56 Å². The monoisotopic (exact) mass is 171 g/mol. The molecule has 1 rings (SSSR count). The molecular formula is C6H6ClN3O. The minimum absolute atomic E-state index is 0.106. The van der Waals surface area contributed by atoms with Crippen LogP contribution in [0.3, 0.4) is 0 Å². The van der Waals surface area contributed by atoms with Crippen molar-refractivity contribution >= 4 is 11.6 Å². The lowest BCUT2D eigenvalue weighted by molar-refractivity contribution is 0.721. The van der Waals surface area contributed by atoms with Crippen LogP contribution in [-0.4, -0.2) is 9.78 Å². The molecule has 0 atom stereocenters. The first-order valence-corrected chi connectivity index (χ1v) is 3.35. The van der Waals surface area contributed by atoms with Gasteiger partial charge in [-0.2, -0.15) is 5.26 Å². The lowest BCUT2D eigenvalue weighted by atomic mass is 10.3. The SMILES string of the molecule is Cn1[nH]c(=O)c(Cl)c1CC#N. The maximum absolute atomic E-state index is 10.8. The van der Waals surface area contributed by atoms with Gasteiger partial charge in [-0.3, -0.25) is 14.6 Å². The molecule has 0 bridgehead atoms. The Balaban J connectivity index is 3.25. The summed E-state index contributed by atoms with van der Waals surface area (Å²) in [5, 5.41) is 10.9. The number of hydrogen-bond donors (Lipinski definition) is 1. The van der Waals surface area contributed by atoms with Gasteiger partial charge >= 0.3 is 0 Å². The van der Waals surface area contributed by atoms with E-state index in [0.717, 1.165) is 0 Å². The fraction of sp³-hybridized carbons (Fsp3) is 0.333. The van der Waals surface area contributed by atoms with Crippen LogP contribution >= 0.6 is 11.6 Å². The first-order valence-electron chi connectivity index (χ1n) is 2.97. The summed E-state index contributed by atoms with van der Waals surface area (Å²) in [5.74, 6) is 0. The summed E-state index contributed by atoms with van der Waals surface area (Å²) in [6, 6.07) is 1.91. The molecule has 58 valence electrons. The quantitative estimate of drug-likeness (QED) is 0.666. The average molecular weight is 172 g/mol. The first kappa shape index (κ1) is 7.89. The van der Waals surface area contributed by atoms with Gasteiger partial charge in [0.15, 0.2) is 0 Å². The van der Waals surface area contributed by atoms with Crippen LogP contribution < -0.4 is 5.56 Å². The van der Waals surface area contributed by atoms with Crippen LogP contribution in [0.5, 0.6) is 0 Å². The average Bonchev–Trinajstić information content (AvgIpc) is 2.17. The topological polar surface area (TPSA) is 61.6 Å². The lowest BCUT2D eigenvalue weighted by Gasteiger charge is -1.94. The molecule has 0 aliphatic carbocycles. The highest BCUT2D eigenvalue weighted by molar-refractivity contribution is 6.31. The third kappa shape index (κ3) is 1.28. The number of aromatic amines is 1. The largest absolute Gasteiger partial charge is 0.290 e. The number of nitrogens with zero attached hydrogens (tertiary/aromatic N) is 2. The van der Waals surface area contributed by atoms with E-state index in [0.29, 0.717) is 5.69 Å². The normalized spacial score (nSPS) is 9.55. The predicted molar refractivity (Wildman–Crippen MR) is 40.4 cm³/mol. The molecule has 1 heterocycles. The molecule has 0 radical (unpaired) electrons. The van der Waals surface area contributed by atoms with E-state index in [1.165, 1.54) is 4.68 Å². The van der Waals surface area contributed by atoms with Crippen molar-refractivity contribution < 1.29 is 0 Å². The summed E-state index contributed by atoms with van der Waals surface area (Å²) < 4.78 is 1.45. The zero-order valence-electron chi connectivity index (χ0n) is 5.89. The number of nitrogens with one attached hydrogen (secondary N) is 1. The van der Waals surface area contributed by atoms with E-state index in [2.05, 4.69) is 5.10 Å². The number of aromatic nitrogens is 2. The van der Waals surface area contributed by atoms with Crippen molar-refractivity contribution in [3.8, 4) is 6.07 Å². The third-order valence-electron chi connectivity index (χ3n) is 1.37. The lowest BCUT2D eigenvalue weighted by Crippen LogP contribution is -2.02. The second-order valence-corrected chi connectivity index (χ2v) is 2.47. The van der Waals surface area contributed by atoms with Crippen molar-refractivity contribution in [3.05, 3.63) is 21.1 Å². The van der Waals surface area contributed by atoms with E-state index in [4.69, 9.17) is 16.9 Å². The highest BCUT2D eigenvalue weighted by Gasteiger charge is 2.08. The van der Waals surface area contributed by atoms with Crippen LogP contribution in [0.2, 0.25) is 5.02 Å². The molecule has 0 aromatic carbocycles. The van der Waals surface area contributed by atoms with Crippen molar-refractivity contribution in [2.75, 3.05) is 0 Å². The maximum atomic E-state index is 10.8. The van der Waals surface area contributed by atoms with Gasteiger partial charge in [-0.05, 0) is 0 Å². The highest BCUT2D eigenvalue weighted by Crippen LogP contribution is 2.08. The summed E-state index contributed by atoms with van der Waals surface area (Å²) in [5.41, 5.74) is 0.179. The number of rotatable bonds is 1. The zero-order valence-corrected chi connectivity index (χ0v) is 6.64. The van der Waals surface area contributed by atoms with E-state index in [9.17, 15) is 4.79 Å². The van der Waals surface area contributed by atoms with E-state index in [1.807, 2.05) is 6.07 Å². The summed E-state index contributed by atoms with van der Waals surface area (Å²) in [7, 11) is 1.64. The minimum Gasteiger partial charge on any atom is -0.290 e. The van der Waals surface area contributed by atoms with Crippen LogP contribution in [-0.2, 0) is 13.5 Å². The van der Waals surface area contributed by atoms with Gasteiger partial charge in [0, 0.05) is 7.05 Å². The molecule has 4 nitrogen and oxygen atoms in total. The third-order valence-corrected chi connectivity index (χ3v) is 1.76. The number of hydrogen-bond acceptors (Lipinski definition) is 2. The molecule has 1 aromatic heterocycles. The number of H-pyrrole nitrogens is 1. The summed E-state index contributed by atoms with van der Waals surface area (Å²) >= 11 is 5.58. The summed E-state index contributed by atoms with van der Waals surface area (Å²) in [4.78, 5) is 10.8. The Labute approximate surface area is 68.0 Å². The Morgan fingerprint density at radius 3 is 2.82 bits per heavy atom. The summed E-state index contributed by atoms with van der Waals surface area (Å²) in [6.07, 6.45) is 0.147. The predicted octanol–water partition coefficient (Wildman–Crippen LogP) is 0.433. The van der Waals surface area contributed by atoms with Crippen LogP contribution in [0.4, 0.5) is 0 Å². The van der Waals surface area contributed by atoms with Crippen LogP contribution in [0, 0.1) is 11.3 Å². The number of halogens is 1. The van der Waals surface area contributed by atoms with E-state index < -0.39 is 0 Å². The Kier molecular flexibility index (Phi) is 2.01. The summed E-state index contributed by atoms with van der Waals surface area (Å²) in [6.45, 7) is 0. The molecular weight excluding hydrogens is 166 g/mol. The molecule has 0 fully saturated rings. The van der Waals surface area contributed by atoms with Crippen molar-refractivity contribution in [2.24, 2.45) is 7.05 Å². The molecule has 11 heavy (non-hydrogen) atoms. The Hall–Kier alpha value is -1.21. The van der Waals surface area contributed by atoms with Gasteiger partial charge in [0.05, 0.1) is 18.2 Å². The molecule has 0 saturated carbocycles. The van der Waals surface area contributed by atoms with E-state index >= 15 is 0 Å². The van der Waals surface area contributed by atoms with Gasteiger partial charge in [0.1, 0.15) is 5.02 Å². The Morgan fingerprint density at radius 2 is 2.45 bits per heavy atom. The first-order chi connectivity index (χ1) is 5.16.